The van der Waals surface area contributed by atoms with Gasteiger partial charge in [0, 0.05) is 31.7 Å². The summed E-state index contributed by atoms with van der Waals surface area (Å²) in [5, 5.41) is 3.52. The van der Waals surface area contributed by atoms with Gasteiger partial charge < -0.3 is 5.32 Å². The summed E-state index contributed by atoms with van der Waals surface area (Å²) in [5.41, 5.74) is 3.50. The maximum Gasteiger partial charge on any atom is 0.0278 e. The van der Waals surface area contributed by atoms with Crippen molar-refractivity contribution in [2.75, 3.05) is 26.2 Å². The molecule has 2 heteroatoms. The van der Waals surface area contributed by atoms with Crippen molar-refractivity contribution in [1.29, 1.82) is 0 Å². The molecule has 0 saturated carbocycles. The van der Waals surface area contributed by atoms with E-state index in [4.69, 9.17) is 0 Å². The molecule has 1 aliphatic carbocycles. The molecule has 1 unspecified atom stereocenters. The van der Waals surface area contributed by atoms with E-state index in [1.807, 2.05) is 0 Å². The Morgan fingerprint density at radius 2 is 2.16 bits per heavy atom. The highest BCUT2D eigenvalue weighted by Gasteiger charge is 2.32. The van der Waals surface area contributed by atoms with Gasteiger partial charge in [0.2, 0.25) is 0 Å². The fourth-order valence-electron chi connectivity index (χ4n) is 3.67. The molecular formula is C17H26N2. The summed E-state index contributed by atoms with van der Waals surface area (Å²) in [7, 11) is 0. The molecule has 1 atom stereocenters. The number of hydrogen-bond donors (Lipinski definition) is 1. The molecule has 1 aromatic rings. The van der Waals surface area contributed by atoms with E-state index in [0.29, 0.717) is 5.54 Å². The van der Waals surface area contributed by atoms with Crippen LogP contribution >= 0.6 is 0 Å². The largest absolute Gasteiger partial charge is 0.314 e. The lowest BCUT2D eigenvalue weighted by Crippen LogP contribution is -2.58. The second-order valence-corrected chi connectivity index (χ2v) is 6.72. The fraction of sp³-hybridized carbons (Fsp3) is 0.647. The Morgan fingerprint density at radius 1 is 1.32 bits per heavy atom. The summed E-state index contributed by atoms with van der Waals surface area (Å²) in [6.45, 7) is 9.40. The quantitative estimate of drug-likeness (QED) is 0.877. The summed E-state index contributed by atoms with van der Waals surface area (Å²) in [5.74, 6) is 0.738. The van der Waals surface area contributed by atoms with Gasteiger partial charge in [0.1, 0.15) is 0 Å². The summed E-state index contributed by atoms with van der Waals surface area (Å²) < 4.78 is 0. The minimum Gasteiger partial charge on any atom is -0.314 e. The van der Waals surface area contributed by atoms with Crippen molar-refractivity contribution in [3.63, 3.8) is 0 Å². The molecule has 0 spiro atoms. The standard InChI is InChI=1S/C17H26N2/c1-17(2)13-18-10-11-19(17)12-15-8-5-7-14-6-3-4-9-16(14)15/h3-4,6,9,15,18H,5,7-8,10-13H2,1-2H3. The Bertz CT molecular complexity index is 439. The molecular weight excluding hydrogens is 232 g/mol. The van der Waals surface area contributed by atoms with E-state index in [1.165, 1.54) is 32.4 Å². The van der Waals surface area contributed by atoms with Crippen molar-refractivity contribution in [2.24, 2.45) is 0 Å². The van der Waals surface area contributed by atoms with Crippen LogP contribution in [-0.2, 0) is 6.42 Å². The average Bonchev–Trinajstić information content (AvgIpc) is 2.41. The molecule has 1 fully saturated rings. The van der Waals surface area contributed by atoms with Crippen molar-refractivity contribution >= 4 is 0 Å². The Kier molecular flexibility index (Phi) is 3.64. The first kappa shape index (κ1) is 13.1. The van der Waals surface area contributed by atoms with Crippen LogP contribution in [0.2, 0.25) is 0 Å². The van der Waals surface area contributed by atoms with Crippen molar-refractivity contribution in [2.45, 2.75) is 44.6 Å². The second kappa shape index (κ2) is 5.26. The summed E-state index contributed by atoms with van der Waals surface area (Å²) >= 11 is 0. The Labute approximate surface area is 117 Å². The van der Waals surface area contributed by atoms with Gasteiger partial charge in [0.05, 0.1) is 0 Å². The Balaban J connectivity index is 1.77. The predicted molar refractivity (Wildman–Crippen MR) is 80.6 cm³/mol. The van der Waals surface area contributed by atoms with E-state index >= 15 is 0 Å². The van der Waals surface area contributed by atoms with Gasteiger partial charge >= 0.3 is 0 Å². The zero-order chi connectivity index (χ0) is 13.3. The highest BCUT2D eigenvalue weighted by Crippen LogP contribution is 2.33. The summed E-state index contributed by atoms with van der Waals surface area (Å²) in [4.78, 5) is 2.69. The average molecular weight is 258 g/mol. The number of nitrogens with one attached hydrogen (secondary N) is 1. The predicted octanol–water partition coefficient (Wildman–Crippen LogP) is 2.79. The van der Waals surface area contributed by atoms with Crippen LogP contribution in [-0.4, -0.2) is 36.6 Å². The lowest BCUT2D eigenvalue weighted by atomic mass is 9.81. The highest BCUT2D eigenvalue weighted by molar-refractivity contribution is 5.32. The first-order valence-electron chi connectivity index (χ1n) is 7.70. The van der Waals surface area contributed by atoms with Gasteiger partial charge in [-0.15, -0.1) is 0 Å². The number of nitrogens with zero attached hydrogens (tertiary/aromatic N) is 1. The van der Waals surface area contributed by atoms with Crippen LogP contribution < -0.4 is 5.32 Å². The van der Waals surface area contributed by atoms with Gasteiger partial charge in [-0.1, -0.05) is 24.3 Å². The van der Waals surface area contributed by atoms with Crippen molar-refractivity contribution in [1.82, 2.24) is 10.2 Å². The monoisotopic (exact) mass is 258 g/mol. The third kappa shape index (κ3) is 2.70. The van der Waals surface area contributed by atoms with E-state index in [0.717, 1.165) is 19.0 Å². The number of hydrogen-bond acceptors (Lipinski definition) is 2. The highest BCUT2D eigenvalue weighted by atomic mass is 15.2. The third-order valence-electron chi connectivity index (χ3n) is 4.91. The van der Waals surface area contributed by atoms with Crippen LogP contribution in [0, 0.1) is 0 Å². The topological polar surface area (TPSA) is 15.3 Å². The Hall–Kier alpha value is -0.860. The molecule has 3 rings (SSSR count). The lowest BCUT2D eigenvalue weighted by Gasteiger charge is -2.45. The van der Waals surface area contributed by atoms with E-state index < -0.39 is 0 Å². The van der Waals surface area contributed by atoms with E-state index in [1.54, 1.807) is 11.1 Å². The van der Waals surface area contributed by atoms with Gasteiger partial charge in [-0.05, 0) is 50.2 Å². The van der Waals surface area contributed by atoms with Gasteiger partial charge in [-0.3, -0.25) is 4.90 Å². The maximum atomic E-state index is 3.52. The van der Waals surface area contributed by atoms with E-state index in [-0.39, 0.29) is 0 Å². The molecule has 1 aromatic carbocycles. The maximum absolute atomic E-state index is 3.52. The van der Waals surface area contributed by atoms with Crippen molar-refractivity contribution in [3.8, 4) is 0 Å². The SMILES string of the molecule is CC1(C)CNCCN1CC1CCCc2ccccc21. The molecule has 0 amide bonds. The van der Waals surface area contributed by atoms with E-state index in [9.17, 15) is 0 Å². The van der Waals surface area contributed by atoms with Crippen LogP contribution in [0.4, 0.5) is 0 Å². The number of rotatable bonds is 2. The van der Waals surface area contributed by atoms with Crippen LogP contribution in [0.25, 0.3) is 0 Å². The molecule has 1 heterocycles. The summed E-state index contributed by atoms with van der Waals surface area (Å²) in [6.07, 6.45) is 3.99. The van der Waals surface area contributed by atoms with Crippen LogP contribution in [0.1, 0.15) is 43.7 Å². The molecule has 1 saturated heterocycles. The minimum atomic E-state index is 0.296. The van der Waals surface area contributed by atoms with Crippen molar-refractivity contribution < 1.29 is 0 Å². The normalized spacial score (nSPS) is 26.9. The zero-order valence-electron chi connectivity index (χ0n) is 12.3. The molecule has 0 bridgehead atoms. The smallest absolute Gasteiger partial charge is 0.0278 e. The molecule has 0 aromatic heterocycles. The molecule has 19 heavy (non-hydrogen) atoms. The number of fused-ring (bicyclic) bond motifs is 1. The molecule has 2 aliphatic rings. The first-order valence-corrected chi connectivity index (χ1v) is 7.70. The number of benzene rings is 1. The van der Waals surface area contributed by atoms with Crippen LogP contribution in [0.5, 0.6) is 0 Å². The second-order valence-electron chi connectivity index (χ2n) is 6.72. The number of aryl methyl sites for hydroxylation is 1. The van der Waals surface area contributed by atoms with Gasteiger partial charge in [0.15, 0.2) is 0 Å². The fourth-order valence-corrected chi connectivity index (χ4v) is 3.67. The van der Waals surface area contributed by atoms with Crippen molar-refractivity contribution in [3.05, 3.63) is 35.4 Å². The van der Waals surface area contributed by atoms with Gasteiger partial charge in [-0.2, -0.15) is 0 Å². The van der Waals surface area contributed by atoms with E-state index in [2.05, 4.69) is 48.3 Å². The molecule has 1 N–H and O–H groups in total. The third-order valence-corrected chi connectivity index (χ3v) is 4.91. The van der Waals surface area contributed by atoms with Gasteiger partial charge in [-0.25, -0.2) is 0 Å². The zero-order valence-corrected chi connectivity index (χ0v) is 12.3. The summed E-state index contributed by atoms with van der Waals surface area (Å²) in [6, 6.07) is 9.08. The molecule has 0 radical (unpaired) electrons. The minimum absolute atomic E-state index is 0.296. The van der Waals surface area contributed by atoms with Gasteiger partial charge in [0.25, 0.3) is 0 Å². The lowest BCUT2D eigenvalue weighted by molar-refractivity contribution is 0.0812. The molecule has 104 valence electrons. The molecule has 2 nitrogen and oxygen atoms in total. The number of piperazine rings is 1. The van der Waals surface area contributed by atoms with Crippen LogP contribution in [0.3, 0.4) is 0 Å². The van der Waals surface area contributed by atoms with Crippen LogP contribution in [0.15, 0.2) is 24.3 Å². The molecule has 1 aliphatic heterocycles. The first-order chi connectivity index (χ1) is 9.17. The Morgan fingerprint density at radius 3 is 3.00 bits per heavy atom.